The van der Waals surface area contributed by atoms with Gasteiger partial charge in [-0.15, -0.1) is 0 Å². The average molecular weight is 204 g/mol. The minimum atomic E-state index is -0.0984. The van der Waals surface area contributed by atoms with Crippen LogP contribution < -0.4 is 10.6 Å². The van der Waals surface area contributed by atoms with Crippen LogP contribution in [0.1, 0.15) is 16.7 Å². The SMILES string of the molecule is CNC1Cc2cc(C)cc(C)c2NC1=O. The Morgan fingerprint density at radius 3 is 2.80 bits per heavy atom. The number of hydrogen-bond donors (Lipinski definition) is 2. The summed E-state index contributed by atoms with van der Waals surface area (Å²) >= 11 is 0. The Hall–Kier alpha value is -1.35. The second kappa shape index (κ2) is 3.66. The van der Waals surface area contributed by atoms with Gasteiger partial charge >= 0.3 is 0 Å². The third kappa shape index (κ3) is 1.75. The fraction of sp³-hybridized carbons (Fsp3) is 0.417. The largest absolute Gasteiger partial charge is 0.324 e. The van der Waals surface area contributed by atoms with Crippen LogP contribution in [-0.2, 0) is 11.2 Å². The van der Waals surface area contributed by atoms with E-state index in [0.29, 0.717) is 0 Å². The molecule has 1 amide bonds. The maximum atomic E-state index is 11.7. The number of fused-ring (bicyclic) bond motifs is 1. The van der Waals surface area contributed by atoms with Gasteiger partial charge in [-0.2, -0.15) is 0 Å². The van der Waals surface area contributed by atoms with Crippen LogP contribution in [0.4, 0.5) is 5.69 Å². The molecule has 1 aromatic carbocycles. The summed E-state index contributed by atoms with van der Waals surface area (Å²) in [5.74, 6) is 0.0666. The Balaban J connectivity index is 2.45. The zero-order chi connectivity index (χ0) is 11.0. The van der Waals surface area contributed by atoms with E-state index < -0.39 is 0 Å². The summed E-state index contributed by atoms with van der Waals surface area (Å²) in [6.07, 6.45) is 0.778. The summed E-state index contributed by atoms with van der Waals surface area (Å²) in [5.41, 5.74) is 4.62. The lowest BCUT2D eigenvalue weighted by Crippen LogP contribution is -2.43. The molecule has 1 heterocycles. The van der Waals surface area contributed by atoms with Gasteiger partial charge in [0.1, 0.15) is 0 Å². The van der Waals surface area contributed by atoms with Crippen molar-refractivity contribution in [1.29, 1.82) is 0 Å². The van der Waals surface area contributed by atoms with Gasteiger partial charge in [-0.05, 0) is 38.4 Å². The van der Waals surface area contributed by atoms with E-state index in [1.807, 2.05) is 14.0 Å². The van der Waals surface area contributed by atoms with Gasteiger partial charge in [0.15, 0.2) is 0 Å². The molecule has 1 aliphatic rings. The Morgan fingerprint density at radius 2 is 2.13 bits per heavy atom. The van der Waals surface area contributed by atoms with Gasteiger partial charge in [-0.25, -0.2) is 0 Å². The van der Waals surface area contributed by atoms with Gasteiger partial charge in [-0.3, -0.25) is 4.79 Å². The van der Waals surface area contributed by atoms with Crippen LogP contribution in [0.25, 0.3) is 0 Å². The number of aryl methyl sites for hydroxylation is 2. The van der Waals surface area contributed by atoms with Crippen LogP contribution in [0.3, 0.4) is 0 Å². The van der Waals surface area contributed by atoms with Crippen LogP contribution in [0.15, 0.2) is 12.1 Å². The second-order valence-electron chi connectivity index (χ2n) is 4.15. The monoisotopic (exact) mass is 204 g/mol. The number of rotatable bonds is 1. The molecule has 3 nitrogen and oxygen atoms in total. The van der Waals surface area contributed by atoms with E-state index in [2.05, 4.69) is 29.7 Å². The van der Waals surface area contributed by atoms with E-state index in [4.69, 9.17) is 0 Å². The van der Waals surface area contributed by atoms with Crippen molar-refractivity contribution in [3.05, 3.63) is 28.8 Å². The summed E-state index contributed by atoms with van der Waals surface area (Å²) in [7, 11) is 1.82. The molecule has 3 heteroatoms. The van der Waals surface area contributed by atoms with Gasteiger partial charge in [0.05, 0.1) is 6.04 Å². The first kappa shape index (κ1) is 10.2. The van der Waals surface area contributed by atoms with E-state index in [1.54, 1.807) is 0 Å². The Morgan fingerprint density at radius 1 is 1.40 bits per heavy atom. The zero-order valence-corrected chi connectivity index (χ0v) is 9.35. The van der Waals surface area contributed by atoms with Gasteiger partial charge in [0.2, 0.25) is 5.91 Å². The van der Waals surface area contributed by atoms with Crippen molar-refractivity contribution in [3.63, 3.8) is 0 Å². The molecular formula is C12H16N2O. The quantitative estimate of drug-likeness (QED) is 0.725. The molecule has 0 fully saturated rings. The highest BCUT2D eigenvalue weighted by Crippen LogP contribution is 2.27. The normalized spacial score (nSPS) is 19.7. The summed E-state index contributed by atoms with van der Waals surface area (Å²) < 4.78 is 0. The molecule has 0 aliphatic carbocycles. The predicted octanol–water partition coefficient (Wildman–Crippen LogP) is 1.39. The van der Waals surface area contributed by atoms with Crippen LogP contribution >= 0.6 is 0 Å². The van der Waals surface area contributed by atoms with Gasteiger partial charge < -0.3 is 10.6 Å². The third-order valence-corrected chi connectivity index (χ3v) is 2.90. The summed E-state index contributed by atoms with van der Waals surface area (Å²) in [5, 5.41) is 5.98. The fourth-order valence-electron chi connectivity index (χ4n) is 2.15. The number of likely N-dealkylation sites (N-methyl/N-ethyl adjacent to an activating group) is 1. The topological polar surface area (TPSA) is 41.1 Å². The molecule has 0 spiro atoms. The van der Waals surface area contributed by atoms with Crippen molar-refractivity contribution in [2.75, 3.05) is 12.4 Å². The van der Waals surface area contributed by atoms with Crippen LogP contribution in [-0.4, -0.2) is 19.0 Å². The van der Waals surface area contributed by atoms with Gasteiger partial charge in [0, 0.05) is 5.69 Å². The molecule has 1 aromatic rings. The van der Waals surface area contributed by atoms with E-state index in [0.717, 1.165) is 17.7 Å². The first-order valence-electron chi connectivity index (χ1n) is 5.20. The Bertz CT molecular complexity index is 412. The minimum Gasteiger partial charge on any atom is -0.324 e. The highest BCUT2D eigenvalue weighted by atomic mass is 16.2. The van der Waals surface area contributed by atoms with E-state index >= 15 is 0 Å². The third-order valence-electron chi connectivity index (χ3n) is 2.90. The molecular weight excluding hydrogens is 188 g/mol. The standard InChI is InChI=1S/C12H16N2O/c1-7-4-8(2)11-9(5-7)6-10(13-3)12(15)14-11/h4-5,10,13H,6H2,1-3H3,(H,14,15). The molecule has 1 aliphatic heterocycles. The molecule has 0 bridgehead atoms. The molecule has 15 heavy (non-hydrogen) atoms. The van der Waals surface area contributed by atoms with Crippen molar-refractivity contribution in [2.24, 2.45) is 0 Å². The molecule has 2 rings (SSSR count). The number of anilines is 1. The van der Waals surface area contributed by atoms with Crippen LogP contribution in [0.2, 0.25) is 0 Å². The highest BCUT2D eigenvalue weighted by Gasteiger charge is 2.25. The number of benzene rings is 1. The molecule has 2 N–H and O–H groups in total. The smallest absolute Gasteiger partial charge is 0.241 e. The summed E-state index contributed by atoms with van der Waals surface area (Å²) in [4.78, 5) is 11.7. The lowest BCUT2D eigenvalue weighted by Gasteiger charge is -2.26. The van der Waals surface area contributed by atoms with Crippen LogP contribution in [0, 0.1) is 13.8 Å². The van der Waals surface area contributed by atoms with Crippen LogP contribution in [0.5, 0.6) is 0 Å². The summed E-state index contributed by atoms with van der Waals surface area (Å²) in [6.45, 7) is 4.11. The van der Waals surface area contributed by atoms with E-state index in [9.17, 15) is 4.79 Å². The first-order chi connectivity index (χ1) is 7.11. The first-order valence-corrected chi connectivity index (χ1v) is 5.20. The Labute approximate surface area is 89.9 Å². The van der Waals surface area contributed by atoms with E-state index in [-0.39, 0.29) is 11.9 Å². The number of carbonyl (C=O) groups is 1. The van der Waals surface area contributed by atoms with Crippen molar-refractivity contribution in [3.8, 4) is 0 Å². The average Bonchev–Trinajstić information content (AvgIpc) is 2.18. The second-order valence-corrected chi connectivity index (χ2v) is 4.15. The molecule has 1 unspecified atom stereocenters. The highest BCUT2D eigenvalue weighted by molar-refractivity contribution is 5.98. The predicted molar refractivity (Wildman–Crippen MR) is 61.1 cm³/mol. The maximum absolute atomic E-state index is 11.7. The number of carbonyl (C=O) groups excluding carboxylic acids is 1. The number of amides is 1. The van der Waals surface area contributed by atoms with E-state index in [1.165, 1.54) is 11.1 Å². The molecule has 1 atom stereocenters. The molecule has 0 saturated heterocycles. The molecule has 0 radical (unpaired) electrons. The van der Waals surface area contributed by atoms with Crippen molar-refractivity contribution in [2.45, 2.75) is 26.3 Å². The molecule has 80 valence electrons. The Kier molecular flexibility index (Phi) is 2.49. The minimum absolute atomic E-state index is 0.0666. The van der Waals surface area contributed by atoms with Crippen molar-refractivity contribution >= 4 is 11.6 Å². The van der Waals surface area contributed by atoms with Crippen molar-refractivity contribution < 1.29 is 4.79 Å². The fourth-order valence-corrected chi connectivity index (χ4v) is 2.15. The number of nitrogens with one attached hydrogen (secondary N) is 2. The lowest BCUT2D eigenvalue weighted by molar-refractivity contribution is -0.118. The molecule has 0 saturated carbocycles. The lowest BCUT2D eigenvalue weighted by atomic mass is 9.94. The number of hydrogen-bond acceptors (Lipinski definition) is 2. The maximum Gasteiger partial charge on any atom is 0.241 e. The zero-order valence-electron chi connectivity index (χ0n) is 9.35. The van der Waals surface area contributed by atoms with Crippen molar-refractivity contribution in [1.82, 2.24) is 5.32 Å². The van der Waals surface area contributed by atoms with Gasteiger partial charge in [0.25, 0.3) is 0 Å². The summed E-state index contributed by atoms with van der Waals surface area (Å²) in [6, 6.07) is 4.14. The van der Waals surface area contributed by atoms with Gasteiger partial charge in [-0.1, -0.05) is 17.7 Å². The molecule has 0 aromatic heterocycles.